The van der Waals surface area contributed by atoms with Crippen molar-refractivity contribution >= 4 is 17.3 Å². The van der Waals surface area contributed by atoms with E-state index in [1.54, 1.807) is 13.2 Å². The number of halogens is 2. The lowest BCUT2D eigenvalue weighted by Gasteiger charge is -2.28. The van der Waals surface area contributed by atoms with E-state index in [9.17, 15) is 4.39 Å². The molecule has 102 valence electrons. The first-order valence-corrected chi connectivity index (χ1v) is 6.70. The van der Waals surface area contributed by atoms with Gasteiger partial charge in [0.05, 0.1) is 12.5 Å². The maximum Gasteiger partial charge on any atom is 0.129 e. The van der Waals surface area contributed by atoms with Gasteiger partial charge in [0.1, 0.15) is 5.82 Å². The van der Waals surface area contributed by atoms with Crippen LogP contribution in [-0.4, -0.2) is 26.8 Å². The highest BCUT2D eigenvalue weighted by molar-refractivity contribution is 6.17. The van der Waals surface area contributed by atoms with Crippen LogP contribution in [0.2, 0.25) is 0 Å². The molecule has 0 aliphatic heterocycles. The van der Waals surface area contributed by atoms with Crippen LogP contribution in [0.25, 0.3) is 0 Å². The molecule has 1 rings (SSSR count). The zero-order valence-corrected chi connectivity index (χ0v) is 12.0. The molecule has 18 heavy (non-hydrogen) atoms. The number of ether oxygens (including phenoxy) is 1. The summed E-state index contributed by atoms with van der Waals surface area (Å²) in [4.78, 5) is 2.13. The van der Waals surface area contributed by atoms with E-state index >= 15 is 0 Å². The van der Waals surface area contributed by atoms with Crippen LogP contribution in [0.15, 0.2) is 18.2 Å². The quantitative estimate of drug-likeness (QED) is 0.703. The number of benzene rings is 1. The molecule has 0 N–H and O–H groups in total. The largest absolute Gasteiger partial charge is 0.383 e. The molecule has 0 aliphatic carbocycles. The molecule has 0 fully saturated rings. The summed E-state index contributed by atoms with van der Waals surface area (Å²) in [6, 6.07) is 5.09. The van der Waals surface area contributed by atoms with E-state index in [-0.39, 0.29) is 11.7 Å². The van der Waals surface area contributed by atoms with E-state index < -0.39 is 0 Å². The molecule has 1 aromatic carbocycles. The van der Waals surface area contributed by atoms with Gasteiger partial charge in [-0.15, -0.1) is 11.6 Å². The highest BCUT2D eigenvalue weighted by Gasteiger charge is 2.15. The highest BCUT2D eigenvalue weighted by atomic mass is 35.5. The molecule has 0 atom stereocenters. The summed E-state index contributed by atoms with van der Waals surface area (Å²) in [5.74, 6) is 0.436. The summed E-state index contributed by atoms with van der Waals surface area (Å²) in [5, 5.41) is 0. The van der Waals surface area contributed by atoms with Gasteiger partial charge in [-0.3, -0.25) is 0 Å². The van der Waals surface area contributed by atoms with Gasteiger partial charge in [0.15, 0.2) is 0 Å². The minimum absolute atomic E-state index is 0.184. The minimum atomic E-state index is -0.242. The van der Waals surface area contributed by atoms with Crippen LogP contribution in [0.4, 0.5) is 10.1 Å². The van der Waals surface area contributed by atoms with Gasteiger partial charge in [0.25, 0.3) is 0 Å². The number of methoxy groups -OCH3 is 1. The van der Waals surface area contributed by atoms with Gasteiger partial charge in [-0.25, -0.2) is 4.39 Å². The van der Waals surface area contributed by atoms with Crippen LogP contribution in [-0.2, 0) is 10.6 Å². The fraction of sp³-hybridized carbons (Fsp3) is 0.571. The van der Waals surface area contributed by atoms with Crippen LogP contribution in [0, 0.1) is 11.7 Å². The molecule has 0 aliphatic rings. The lowest BCUT2D eigenvalue weighted by atomic mass is 10.1. The molecular formula is C14H21ClFNO. The van der Waals surface area contributed by atoms with E-state index in [0.717, 1.165) is 18.8 Å². The Balaban J connectivity index is 2.99. The molecule has 0 saturated heterocycles. The van der Waals surface area contributed by atoms with Gasteiger partial charge in [-0.1, -0.05) is 19.9 Å². The molecule has 0 unspecified atom stereocenters. The Bertz CT molecular complexity index is 371. The van der Waals surface area contributed by atoms with Crippen LogP contribution in [0.3, 0.4) is 0 Å². The van der Waals surface area contributed by atoms with Crippen LogP contribution in [0.1, 0.15) is 19.4 Å². The third kappa shape index (κ3) is 4.14. The molecule has 0 radical (unpaired) electrons. The number of hydrogen-bond donors (Lipinski definition) is 0. The second-order valence-electron chi connectivity index (χ2n) is 4.70. The second-order valence-corrected chi connectivity index (χ2v) is 4.97. The third-order valence-corrected chi connectivity index (χ3v) is 2.99. The van der Waals surface area contributed by atoms with Crippen molar-refractivity contribution in [1.82, 2.24) is 0 Å². The van der Waals surface area contributed by atoms with Gasteiger partial charge < -0.3 is 9.64 Å². The fourth-order valence-electron chi connectivity index (χ4n) is 1.93. The number of hydrogen-bond acceptors (Lipinski definition) is 2. The Hall–Kier alpha value is -0.800. The zero-order chi connectivity index (χ0) is 13.5. The highest BCUT2D eigenvalue weighted by Crippen LogP contribution is 2.25. The number of alkyl halides is 1. The van der Waals surface area contributed by atoms with E-state index in [1.165, 1.54) is 6.07 Å². The average molecular weight is 274 g/mol. The van der Waals surface area contributed by atoms with Gasteiger partial charge in [0, 0.05) is 31.5 Å². The molecule has 0 amide bonds. The standard InChI is InChI=1S/C14H21ClFNO/c1-11(2)10-17(7-8-18-3)14-6-4-5-13(16)12(14)9-15/h4-6,11H,7-10H2,1-3H3. The number of nitrogens with zero attached hydrogens (tertiary/aromatic N) is 1. The van der Waals surface area contributed by atoms with Crippen molar-refractivity contribution in [2.24, 2.45) is 5.92 Å². The van der Waals surface area contributed by atoms with Crippen molar-refractivity contribution in [2.75, 3.05) is 31.7 Å². The minimum Gasteiger partial charge on any atom is -0.383 e. The Morgan fingerprint density at radius 2 is 2.11 bits per heavy atom. The Morgan fingerprint density at radius 3 is 2.67 bits per heavy atom. The SMILES string of the molecule is COCCN(CC(C)C)c1cccc(F)c1CCl. The predicted molar refractivity (Wildman–Crippen MR) is 74.9 cm³/mol. The van der Waals surface area contributed by atoms with E-state index in [2.05, 4.69) is 18.7 Å². The summed E-state index contributed by atoms with van der Waals surface area (Å²) in [7, 11) is 1.67. The van der Waals surface area contributed by atoms with Crippen molar-refractivity contribution in [3.63, 3.8) is 0 Å². The number of anilines is 1. The molecule has 1 aromatic rings. The molecule has 0 heterocycles. The Kier molecular flexibility index (Phi) is 6.44. The third-order valence-electron chi connectivity index (χ3n) is 2.72. The van der Waals surface area contributed by atoms with Crippen molar-refractivity contribution in [3.8, 4) is 0 Å². The van der Waals surface area contributed by atoms with Crippen molar-refractivity contribution < 1.29 is 9.13 Å². The molecule has 0 saturated carbocycles. The van der Waals surface area contributed by atoms with E-state index in [0.29, 0.717) is 18.1 Å². The second kappa shape index (κ2) is 7.59. The molecular weight excluding hydrogens is 253 g/mol. The first-order valence-electron chi connectivity index (χ1n) is 6.17. The smallest absolute Gasteiger partial charge is 0.129 e. The Morgan fingerprint density at radius 1 is 1.39 bits per heavy atom. The van der Waals surface area contributed by atoms with Crippen molar-refractivity contribution in [1.29, 1.82) is 0 Å². The van der Waals surface area contributed by atoms with Gasteiger partial charge in [-0.05, 0) is 18.1 Å². The van der Waals surface area contributed by atoms with Gasteiger partial charge in [-0.2, -0.15) is 0 Å². The molecule has 4 heteroatoms. The van der Waals surface area contributed by atoms with Gasteiger partial charge in [0.2, 0.25) is 0 Å². The summed E-state index contributed by atoms with van der Waals surface area (Å²) in [6.45, 7) is 6.49. The first kappa shape index (κ1) is 15.3. The molecule has 0 aromatic heterocycles. The number of rotatable bonds is 7. The summed E-state index contributed by atoms with van der Waals surface area (Å²) in [6.07, 6.45) is 0. The lowest BCUT2D eigenvalue weighted by molar-refractivity contribution is 0.204. The van der Waals surface area contributed by atoms with Crippen molar-refractivity contribution in [3.05, 3.63) is 29.6 Å². The summed E-state index contributed by atoms with van der Waals surface area (Å²) >= 11 is 5.85. The Labute approximate surface area is 114 Å². The van der Waals surface area contributed by atoms with Crippen LogP contribution < -0.4 is 4.90 Å². The topological polar surface area (TPSA) is 12.5 Å². The molecule has 0 bridgehead atoms. The first-order chi connectivity index (χ1) is 8.60. The van der Waals surface area contributed by atoms with Crippen LogP contribution >= 0.6 is 11.6 Å². The van der Waals surface area contributed by atoms with Gasteiger partial charge >= 0.3 is 0 Å². The van der Waals surface area contributed by atoms with Crippen molar-refractivity contribution in [2.45, 2.75) is 19.7 Å². The van der Waals surface area contributed by atoms with E-state index in [4.69, 9.17) is 16.3 Å². The predicted octanol–water partition coefficient (Wildman–Crippen LogP) is 3.67. The fourth-order valence-corrected chi connectivity index (χ4v) is 2.19. The zero-order valence-electron chi connectivity index (χ0n) is 11.2. The molecule has 2 nitrogen and oxygen atoms in total. The molecule has 0 spiro atoms. The van der Waals surface area contributed by atoms with Crippen LogP contribution in [0.5, 0.6) is 0 Å². The normalized spacial score (nSPS) is 11.0. The maximum atomic E-state index is 13.7. The average Bonchev–Trinajstić information content (AvgIpc) is 2.33. The summed E-state index contributed by atoms with van der Waals surface area (Å²) in [5.41, 5.74) is 1.44. The maximum absolute atomic E-state index is 13.7. The lowest BCUT2D eigenvalue weighted by Crippen LogP contribution is -2.31. The van der Waals surface area contributed by atoms with E-state index in [1.807, 2.05) is 6.07 Å². The monoisotopic (exact) mass is 273 g/mol. The summed E-state index contributed by atoms with van der Waals surface area (Å²) < 4.78 is 18.8.